The van der Waals surface area contributed by atoms with E-state index >= 15 is 0 Å². The van der Waals surface area contributed by atoms with Crippen molar-refractivity contribution in [3.05, 3.63) is 0 Å². The summed E-state index contributed by atoms with van der Waals surface area (Å²) in [4.78, 5) is 0. The normalized spacial score (nSPS) is 7.64. The summed E-state index contributed by atoms with van der Waals surface area (Å²) in [6.07, 6.45) is 0. The Balaban J connectivity index is -0.000000320. The van der Waals surface area contributed by atoms with E-state index < -0.39 is 16.1 Å². The molecule has 48 valence electrons. The molecule has 4 nitrogen and oxygen atoms in total. The predicted molar refractivity (Wildman–Crippen MR) is 22.5 cm³/mol. The zero-order chi connectivity index (χ0) is 7.33. The van der Waals surface area contributed by atoms with Crippen LogP contribution in [0.4, 0.5) is 0 Å². The SMILES string of the molecule is N#[C][Pt-2]([C]#N)([C]#N)[C]#N.[Li+].[Li+]. The maximum atomic E-state index is 8.14. The Kier molecular flexibility index (Phi) is 12.3. The fraction of sp³-hybridized carbons (Fsp3) is 0. The van der Waals surface area contributed by atoms with Crippen molar-refractivity contribution >= 4 is 0 Å². The summed E-state index contributed by atoms with van der Waals surface area (Å²) >= 11 is -3.88. The molecule has 7 heteroatoms. The van der Waals surface area contributed by atoms with Crippen LogP contribution in [0, 0.1) is 38.9 Å². The summed E-state index contributed by atoms with van der Waals surface area (Å²) in [7, 11) is 0. The van der Waals surface area contributed by atoms with E-state index in [0.717, 1.165) is 0 Å². The van der Waals surface area contributed by atoms with Gasteiger partial charge in [-0.25, -0.2) is 0 Å². The van der Waals surface area contributed by atoms with E-state index in [9.17, 15) is 0 Å². The number of nitrogens with zero attached hydrogens (tertiary/aromatic N) is 4. The minimum atomic E-state index is -3.88. The van der Waals surface area contributed by atoms with E-state index in [4.69, 9.17) is 21.0 Å². The van der Waals surface area contributed by atoms with Crippen LogP contribution in [0.15, 0.2) is 0 Å². The largest absolute Gasteiger partial charge is 1.00 e. The first kappa shape index (κ1) is 17.1. The molecule has 0 unspecified atom stereocenters. The molecule has 0 aromatic carbocycles. The first-order chi connectivity index (χ1) is 4.24. The molecular weight excluding hydrogens is 313 g/mol. The minimum Gasteiger partial charge on any atom is 1.00 e. The van der Waals surface area contributed by atoms with Crippen molar-refractivity contribution in [2.75, 3.05) is 0 Å². The van der Waals surface area contributed by atoms with Gasteiger partial charge in [-0.3, -0.25) is 0 Å². The van der Waals surface area contributed by atoms with Crippen molar-refractivity contribution < 1.29 is 53.8 Å². The van der Waals surface area contributed by atoms with Crippen molar-refractivity contribution in [1.29, 1.82) is 21.0 Å². The van der Waals surface area contributed by atoms with Gasteiger partial charge >= 0.3 is 92.7 Å². The molecule has 0 saturated heterocycles. The zero-order valence-electron chi connectivity index (χ0n) is 6.11. The van der Waals surface area contributed by atoms with Gasteiger partial charge in [0.15, 0.2) is 0 Å². The summed E-state index contributed by atoms with van der Waals surface area (Å²) in [5.74, 6) is 0. The monoisotopic (exact) mass is 313 g/mol. The van der Waals surface area contributed by atoms with Crippen LogP contribution in [0.2, 0.25) is 0 Å². The van der Waals surface area contributed by atoms with Gasteiger partial charge in [-0.1, -0.05) is 0 Å². The van der Waals surface area contributed by atoms with Crippen LogP contribution in [-0.4, -0.2) is 0 Å². The Morgan fingerprint density at radius 2 is 0.818 bits per heavy atom. The molecule has 0 heterocycles. The molecule has 0 aliphatic heterocycles. The molecule has 0 atom stereocenters. The van der Waals surface area contributed by atoms with Gasteiger partial charge in [0.1, 0.15) is 0 Å². The third-order valence-electron chi connectivity index (χ3n) is 0.424. The molecule has 0 spiro atoms. The minimum absolute atomic E-state index is 0. The molecule has 0 bridgehead atoms. The zero-order valence-corrected chi connectivity index (χ0v) is 8.38. The molecule has 0 aromatic rings. The maximum absolute atomic E-state index is 8.14. The molecule has 0 aromatic heterocycles. The Morgan fingerprint density at radius 1 is 0.636 bits per heavy atom. The smallest absolute Gasteiger partial charge is 1.00 e. The Morgan fingerprint density at radius 3 is 0.818 bits per heavy atom. The van der Waals surface area contributed by atoms with Crippen LogP contribution in [0.3, 0.4) is 0 Å². The second-order valence-electron chi connectivity index (χ2n) is 0.757. The summed E-state index contributed by atoms with van der Waals surface area (Å²) in [6, 6.07) is 0. The molecule has 0 amide bonds. The van der Waals surface area contributed by atoms with E-state index in [1.54, 1.807) is 0 Å². The predicted octanol–water partition coefficient (Wildman–Crippen LogP) is -5.93. The van der Waals surface area contributed by atoms with Crippen molar-refractivity contribution in [1.82, 2.24) is 0 Å². The summed E-state index contributed by atoms with van der Waals surface area (Å²) in [5.41, 5.74) is 0. The van der Waals surface area contributed by atoms with Gasteiger partial charge in [0.25, 0.3) is 0 Å². The van der Waals surface area contributed by atoms with Gasteiger partial charge in [0.2, 0.25) is 0 Å². The van der Waals surface area contributed by atoms with E-state index in [1.807, 2.05) is 0 Å². The van der Waals surface area contributed by atoms with E-state index in [2.05, 4.69) is 0 Å². The topological polar surface area (TPSA) is 95.2 Å². The van der Waals surface area contributed by atoms with Crippen LogP contribution in [0.25, 0.3) is 0 Å². The summed E-state index contributed by atoms with van der Waals surface area (Å²) < 4.78 is 5.85. The molecule has 0 aliphatic rings. The van der Waals surface area contributed by atoms with Crippen LogP contribution in [0.1, 0.15) is 0 Å². The number of nitriles is 4. The Labute approximate surface area is 91.9 Å². The number of hydrogen-bond acceptors (Lipinski definition) is 4. The fourth-order valence-electron chi connectivity index (χ4n) is 0.0949. The van der Waals surface area contributed by atoms with Crippen LogP contribution >= 0.6 is 0 Å². The second-order valence-corrected chi connectivity index (χ2v) is 6.20. The van der Waals surface area contributed by atoms with Gasteiger partial charge in [0.05, 0.1) is 0 Å². The molecule has 0 fully saturated rings. The van der Waals surface area contributed by atoms with Crippen molar-refractivity contribution in [2.45, 2.75) is 0 Å². The van der Waals surface area contributed by atoms with Crippen LogP contribution in [0.5, 0.6) is 0 Å². The molecule has 0 rings (SSSR count). The average molecular weight is 313 g/mol. The molecule has 0 saturated carbocycles. The molecule has 0 radical (unpaired) electrons. The van der Waals surface area contributed by atoms with Gasteiger partial charge < -0.3 is 0 Å². The Hall–Kier alpha value is -0.157. The van der Waals surface area contributed by atoms with Crippen LogP contribution in [-0.2, 0) is 16.1 Å². The first-order valence-corrected chi connectivity index (χ1v) is 6.07. The summed E-state index contributed by atoms with van der Waals surface area (Å²) in [5, 5.41) is 32.6. The van der Waals surface area contributed by atoms with E-state index in [0.29, 0.717) is 0 Å². The summed E-state index contributed by atoms with van der Waals surface area (Å²) in [6.45, 7) is 0. The fourth-order valence-corrected chi connectivity index (χ4v) is 0.777. The maximum Gasteiger partial charge on any atom is 1.00 e. The van der Waals surface area contributed by atoms with E-state index in [1.165, 1.54) is 17.8 Å². The molecular formula is C4Li2N4Pt. The second kappa shape index (κ2) is 7.94. The van der Waals surface area contributed by atoms with Gasteiger partial charge in [0, 0.05) is 0 Å². The third-order valence-corrected chi connectivity index (χ3v) is 3.47. The van der Waals surface area contributed by atoms with Gasteiger partial charge in [-0.2, -0.15) is 0 Å². The van der Waals surface area contributed by atoms with Crippen LogP contribution < -0.4 is 37.7 Å². The average Bonchev–Trinajstić information content (AvgIpc) is 1.95. The third kappa shape index (κ3) is 4.32. The van der Waals surface area contributed by atoms with E-state index in [-0.39, 0.29) is 37.7 Å². The van der Waals surface area contributed by atoms with Crippen molar-refractivity contribution in [3.8, 4) is 17.8 Å². The van der Waals surface area contributed by atoms with Gasteiger partial charge in [-0.05, 0) is 0 Å². The Bertz CT molecular complexity index is 213. The number of hydrogen-bond donors (Lipinski definition) is 0. The van der Waals surface area contributed by atoms with Crippen molar-refractivity contribution in [3.63, 3.8) is 0 Å². The number of rotatable bonds is 0. The van der Waals surface area contributed by atoms with Crippen molar-refractivity contribution in [2.24, 2.45) is 0 Å². The molecule has 0 N–H and O–H groups in total. The first-order valence-electron chi connectivity index (χ1n) is 1.53. The standard InChI is InChI=1S/4CN.2Li.Pt/c4*1-2;;;/q;;;;2*+1;-2. The van der Waals surface area contributed by atoms with Gasteiger partial charge in [-0.15, -0.1) is 0 Å². The molecule has 0 aliphatic carbocycles. The molecule has 11 heavy (non-hydrogen) atoms. The quantitative estimate of drug-likeness (QED) is 0.416.